The SMILES string of the molecule is CC(C)(C)[Si](C)(C)OC1CN([B]C=O)Cc2nc(C(=O)[O-])sc21. The van der Waals surface area contributed by atoms with Gasteiger partial charge in [0.15, 0.2) is 8.32 Å². The fourth-order valence-electron chi connectivity index (χ4n) is 2.19. The van der Waals surface area contributed by atoms with E-state index >= 15 is 0 Å². The number of carboxylic acid groups (broad SMARTS) is 1. The topological polar surface area (TPSA) is 82.6 Å². The van der Waals surface area contributed by atoms with E-state index in [0.717, 1.165) is 22.4 Å². The summed E-state index contributed by atoms with van der Waals surface area (Å²) >= 11 is 1.12. The molecule has 0 saturated heterocycles. The van der Waals surface area contributed by atoms with Gasteiger partial charge in [0.1, 0.15) is 11.0 Å². The van der Waals surface area contributed by atoms with Crippen molar-refractivity contribution < 1.29 is 19.1 Å². The summed E-state index contributed by atoms with van der Waals surface area (Å²) in [6.07, 6.45) is 0.446. The Bertz CT molecular complexity index is 614. The summed E-state index contributed by atoms with van der Waals surface area (Å²) in [5, 5.41) is 11.1. The molecule has 0 aliphatic carbocycles. The van der Waals surface area contributed by atoms with Gasteiger partial charge in [-0.2, -0.15) is 0 Å². The van der Waals surface area contributed by atoms with Crippen molar-refractivity contribution in [2.75, 3.05) is 6.54 Å². The molecule has 0 spiro atoms. The predicted molar refractivity (Wildman–Crippen MR) is 90.4 cm³/mol. The van der Waals surface area contributed by atoms with Crippen molar-refractivity contribution in [3.05, 3.63) is 15.6 Å². The molecular weight excluding hydrogens is 331 g/mol. The van der Waals surface area contributed by atoms with Crippen LogP contribution in [0.1, 0.15) is 47.2 Å². The zero-order valence-electron chi connectivity index (χ0n) is 14.1. The van der Waals surface area contributed by atoms with Crippen LogP contribution >= 0.6 is 11.3 Å². The first-order valence-electron chi connectivity index (χ1n) is 7.46. The maximum atomic E-state index is 11.1. The van der Waals surface area contributed by atoms with Crippen LogP contribution in [-0.4, -0.2) is 44.2 Å². The summed E-state index contributed by atoms with van der Waals surface area (Å²) in [7, 11) is -0.597. The number of aromatic nitrogens is 1. The Morgan fingerprint density at radius 2 is 2.17 bits per heavy atom. The van der Waals surface area contributed by atoms with Crippen molar-refractivity contribution in [2.24, 2.45) is 0 Å². The molecular formula is C14H21BN2O4SSi-. The standard InChI is InChI=1S/C14H22BN2O4SSi/c1-14(2,3)23(4,5)21-10-7-17(15-8-18)6-9-11(10)22-12(16-9)13(19)20/h8,10H,6-7H2,1-5H3,(H,19,20)/p-1. The van der Waals surface area contributed by atoms with Gasteiger partial charge < -0.3 is 23.9 Å². The second kappa shape index (κ2) is 6.46. The molecule has 0 fully saturated rings. The molecule has 9 heteroatoms. The molecule has 6 nitrogen and oxygen atoms in total. The zero-order valence-corrected chi connectivity index (χ0v) is 15.9. The maximum absolute atomic E-state index is 11.1. The van der Waals surface area contributed by atoms with Crippen molar-refractivity contribution in [3.63, 3.8) is 0 Å². The highest BCUT2D eigenvalue weighted by molar-refractivity contribution is 7.13. The highest BCUT2D eigenvalue weighted by atomic mass is 32.1. The molecule has 1 aromatic rings. The molecule has 1 atom stereocenters. The number of hydrogen-bond acceptors (Lipinski definition) is 7. The average Bonchev–Trinajstić information content (AvgIpc) is 2.81. The molecule has 125 valence electrons. The van der Waals surface area contributed by atoms with Crippen molar-refractivity contribution in [3.8, 4) is 0 Å². The number of hydrogen-bond donors (Lipinski definition) is 0. The third kappa shape index (κ3) is 3.90. The zero-order chi connectivity index (χ0) is 17.4. The number of rotatable bonds is 5. The van der Waals surface area contributed by atoms with Crippen molar-refractivity contribution in [1.29, 1.82) is 0 Å². The predicted octanol–water partition coefficient (Wildman–Crippen LogP) is 1.19. The van der Waals surface area contributed by atoms with E-state index < -0.39 is 14.3 Å². The number of thiazole rings is 1. The molecule has 0 amide bonds. The van der Waals surface area contributed by atoms with Crippen LogP contribution in [0.5, 0.6) is 0 Å². The molecule has 23 heavy (non-hydrogen) atoms. The van der Waals surface area contributed by atoms with Gasteiger partial charge in [0.05, 0.1) is 22.9 Å². The third-order valence-electron chi connectivity index (χ3n) is 4.46. The van der Waals surface area contributed by atoms with Crippen LogP contribution in [0.3, 0.4) is 0 Å². The number of carbonyl (C=O) groups is 2. The Kier molecular flexibility index (Phi) is 5.15. The second-order valence-corrected chi connectivity index (χ2v) is 13.0. The molecule has 2 heterocycles. The summed E-state index contributed by atoms with van der Waals surface area (Å²) in [6.45, 7) is 11.7. The van der Waals surface area contributed by atoms with Crippen molar-refractivity contribution >= 4 is 39.2 Å². The lowest BCUT2D eigenvalue weighted by atomic mass is 9.91. The van der Waals surface area contributed by atoms with Crippen LogP contribution in [0, 0.1) is 0 Å². The molecule has 0 N–H and O–H groups in total. The maximum Gasteiger partial charge on any atom is 0.293 e. The van der Waals surface area contributed by atoms with E-state index in [1.165, 1.54) is 7.41 Å². The van der Waals surface area contributed by atoms with Crippen molar-refractivity contribution in [1.82, 2.24) is 9.79 Å². The lowest BCUT2D eigenvalue weighted by Crippen LogP contribution is -2.46. The summed E-state index contributed by atoms with van der Waals surface area (Å²) in [5.41, 5.74) is 0.655. The van der Waals surface area contributed by atoms with E-state index in [4.69, 9.17) is 4.43 Å². The van der Waals surface area contributed by atoms with Crippen LogP contribution < -0.4 is 5.11 Å². The summed E-state index contributed by atoms with van der Waals surface area (Å²) in [5.74, 6) is -1.28. The number of aromatic carboxylic acids is 1. The first-order valence-corrected chi connectivity index (χ1v) is 11.2. The van der Waals surface area contributed by atoms with Gasteiger partial charge >= 0.3 is 0 Å². The number of nitrogens with zero attached hydrogens (tertiary/aromatic N) is 2. The first-order chi connectivity index (χ1) is 10.5. The quantitative estimate of drug-likeness (QED) is 0.585. The lowest BCUT2D eigenvalue weighted by molar-refractivity contribution is -0.255. The molecule has 1 aromatic heterocycles. The summed E-state index contributed by atoms with van der Waals surface area (Å²) < 4.78 is 6.46. The van der Waals surface area contributed by atoms with Crippen LogP contribution in [-0.2, 0) is 15.8 Å². The molecule has 2 rings (SSSR count). The van der Waals surface area contributed by atoms with Crippen LogP contribution in [0.4, 0.5) is 0 Å². The fourth-order valence-corrected chi connectivity index (χ4v) is 4.46. The minimum absolute atomic E-state index is 0.0334. The Labute approximate surface area is 142 Å². The first kappa shape index (κ1) is 18.3. The molecule has 1 aliphatic rings. The van der Waals surface area contributed by atoms with E-state index in [1.807, 2.05) is 4.81 Å². The monoisotopic (exact) mass is 352 g/mol. The van der Waals surface area contributed by atoms with Gasteiger partial charge in [-0.1, -0.05) is 20.8 Å². The Morgan fingerprint density at radius 1 is 1.52 bits per heavy atom. The average molecular weight is 352 g/mol. The van der Waals surface area contributed by atoms with Gasteiger partial charge in [-0.25, -0.2) is 4.98 Å². The highest BCUT2D eigenvalue weighted by Crippen LogP contribution is 2.42. The fraction of sp³-hybridized carbons (Fsp3) is 0.643. The third-order valence-corrected chi connectivity index (χ3v) is 10.1. The molecule has 1 unspecified atom stereocenters. The summed E-state index contributed by atoms with van der Waals surface area (Å²) in [4.78, 5) is 28.7. The molecule has 1 aliphatic heterocycles. The van der Waals surface area contributed by atoms with E-state index in [9.17, 15) is 14.7 Å². The Hall–Kier alpha value is -1.03. The minimum Gasteiger partial charge on any atom is -0.542 e. The van der Waals surface area contributed by atoms with Crippen molar-refractivity contribution in [2.45, 2.75) is 51.6 Å². The summed E-state index contributed by atoms with van der Waals surface area (Å²) in [6, 6.07) is 0. The van der Waals surface area contributed by atoms with Crippen LogP contribution in [0.15, 0.2) is 0 Å². The second-order valence-electron chi connectivity index (χ2n) is 7.20. The Morgan fingerprint density at radius 3 is 2.70 bits per heavy atom. The Balaban J connectivity index is 2.34. The minimum atomic E-state index is -2.04. The highest BCUT2D eigenvalue weighted by Gasteiger charge is 2.41. The van der Waals surface area contributed by atoms with Gasteiger partial charge in [0.25, 0.3) is 7.41 Å². The number of carbonyl (C=O) groups excluding carboxylic acids is 2. The number of fused-ring (bicyclic) bond motifs is 1. The van der Waals surface area contributed by atoms with Gasteiger partial charge in [0, 0.05) is 13.1 Å². The van der Waals surface area contributed by atoms with Gasteiger partial charge in [0.2, 0.25) is 0 Å². The van der Waals surface area contributed by atoms with Gasteiger partial charge in [-0.3, -0.25) is 0 Å². The molecule has 0 bridgehead atoms. The molecule has 0 aromatic carbocycles. The largest absolute Gasteiger partial charge is 0.542 e. The van der Waals surface area contributed by atoms with Crippen LogP contribution in [0.2, 0.25) is 18.1 Å². The van der Waals surface area contributed by atoms with E-state index in [-0.39, 0.29) is 16.1 Å². The number of carboxylic acids is 1. The van der Waals surface area contributed by atoms with E-state index in [1.54, 1.807) is 0 Å². The molecule has 0 saturated carbocycles. The van der Waals surface area contributed by atoms with Gasteiger partial charge in [-0.15, -0.1) is 11.3 Å². The lowest BCUT2D eigenvalue weighted by Gasteiger charge is -2.41. The molecule has 1 radical (unpaired) electrons. The normalized spacial score (nSPS) is 19.3. The van der Waals surface area contributed by atoms with Gasteiger partial charge in [-0.05, 0) is 18.1 Å². The smallest absolute Gasteiger partial charge is 0.293 e. The van der Waals surface area contributed by atoms with Crippen LogP contribution in [0.25, 0.3) is 0 Å². The van der Waals surface area contributed by atoms with E-state index in [0.29, 0.717) is 18.8 Å². The van der Waals surface area contributed by atoms with E-state index in [2.05, 4.69) is 38.8 Å².